The van der Waals surface area contributed by atoms with E-state index in [4.69, 9.17) is 4.42 Å². The molecular weight excluding hydrogens is 426 g/mol. The SMILES string of the molecule is CC1(C)c2ccccc2-c2cccc(-c3ccc4[nH]c5c(ccc6c7ccccc7oc65)c4c3)c21. The van der Waals surface area contributed by atoms with Crippen LogP contribution < -0.4 is 0 Å². The Morgan fingerprint density at radius 2 is 1.40 bits per heavy atom. The summed E-state index contributed by atoms with van der Waals surface area (Å²) in [7, 11) is 0. The van der Waals surface area contributed by atoms with Crippen LogP contribution >= 0.6 is 0 Å². The maximum absolute atomic E-state index is 6.30. The van der Waals surface area contributed by atoms with Crippen LogP contribution in [0.4, 0.5) is 0 Å². The summed E-state index contributed by atoms with van der Waals surface area (Å²) in [5.41, 5.74) is 12.1. The van der Waals surface area contributed by atoms with Crippen molar-refractivity contribution in [2.24, 2.45) is 0 Å². The molecule has 0 saturated carbocycles. The zero-order valence-corrected chi connectivity index (χ0v) is 19.6. The second kappa shape index (κ2) is 6.43. The molecule has 8 rings (SSSR count). The lowest BCUT2D eigenvalue weighted by Gasteiger charge is -2.24. The third-order valence-electron chi connectivity index (χ3n) is 8.01. The molecule has 35 heavy (non-hydrogen) atoms. The Hall–Kier alpha value is -4.30. The summed E-state index contributed by atoms with van der Waals surface area (Å²) < 4.78 is 6.30. The van der Waals surface area contributed by atoms with Crippen LogP contribution in [0, 0.1) is 0 Å². The molecular formula is C33H23NO. The van der Waals surface area contributed by atoms with Gasteiger partial charge in [0.15, 0.2) is 5.58 Å². The van der Waals surface area contributed by atoms with Gasteiger partial charge in [-0.05, 0) is 57.6 Å². The van der Waals surface area contributed by atoms with Crippen molar-refractivity contribution >= 4 is 43.7 Å². The zero-order valence-electron chi connectivity index (χ0n) is 19.6. The number of hydrogen-bond acceptors (Lipinski definition) is 1. The van der Waals surface area contributed by atoms with Crippen LogP contribution in [0.2, 0.25) is 0 Å². The van der Waals surface area contributed by atoms with E-state index in [-0.39, 0.29) is 5.41 Å². The summed E-state index contributed by atoms with van der Waals surface area (Å²) in [5, 5.41) is 4.74. The quantitative estimate of drug-likeness (QED) is 0.266. The molecule has 5 aromatic carbocycles. The van der Waals surface area contributed by atoms with Gasteiger partial charge in [-0.3, -0.25) is 0 Å². The first-order valence-electron chi connectivity index (χ1n) is 12.2. The molecule has 2 aromatic heterocycles. The van der Waals surface area contributed by atoms with Crippen LogP contribution in [0.15, 0.2) is 101 Å². The smallest absolute Gasteiger partial charge is 0.159 e. The number of fused-ring (bicyclic) bond motifs is 10. The molecule has 0 fully saturated rings. The summed E-state index contributed by atoms with van der Waals surface area (Å²) in [4.78, 5) is 3.65. The Morgan fingerprint density at radius 1 is 0.629 bits per heavy atom. The van der Waals surface area contributed by atoms with Gasteiger partial charge < -0.3 is 9.40 Å². The molecule has 2 nitrogen and oxygen atoms in total. The summed E-state index contributed by atoms with van der Waals surface area (Å²) in [6, 6.07) is 35.1. The van der Waals surface area contributed by atoms with Crippen molar-refractivity contribution in [2.75, 3.05) is 0 Å². The number of rotatable bonds is 1. The Labute approximate surface area is 202 Å². The van der Waals surface area contributed by atoms with Gasteiger partial charge in [-0.25, -0.2) is 0 Å². The van der Waals surface area contributed by atoms with E-state index in [1.165, 1.54) is 44.2 Å². The van der Waals surface area contributed by atoms with E-state index in [1.54, 1.807) is 0 Å². The largest absolute Gasteiger partial charge is 0.454 e. The molecule has 2 heterocycles. The first-order valence-corrected chi connectivity index (χ1v) is 12.2. The highest BCUT2D eigenvalue weighted by Crippen LogP contribution is 2.52. The van der Waals surface area contributed by atoms with E-state index in [0.717, 1.165) is 33.0 Å². The highest BCUT2D eigenvalue weighted by atomic mass is 16.3. The average Bonchev–Trinajstić information content (AvgIpc) is 3.52. The van der Waals surface area contributed by atoms with Gasteiger partial charge in [-0.1, -0.05) is 86.6 Å². The van der Waals surface area contributed by atoms with Crippen LogP contribution in [0.1, 0.15) is 25.0 Å². The van der Waals surface area contributed by atoms with Gasteiger partial charge in [0.1, 0.15) is 5.58 Å². The molecule has 0 amide bonds. The molecule has 0 bridgehead atoms. The molecule has 2 heteroatoms. The van der Waals surface area contributed by atoms with Crippen LogP contribution in [0.5, 0.6) is 0 Å². The lowest BCUT2D eigenvalue weighted by Crippen LogP contribution is -2.16. The molecule has 0 radical (unpaired) electrons. The van der Waals surface area contributed by atoms with Gasteiger partial charge >= 0.3 is 0 Å². The van der Waals surface area contributed by atoms with Crippen molar-refractivity contribution in [3.05, 3.63) is 108 Å². The maximum atomic E-state index is 6.30. The first-order chi connectivity index (χ1) is 17.1. The van der Waals surface area contributed by atoms with Gasteiger partial charge in [0.05, 0.1) is 5.52 Å². The number of para-hydroxylation sites is 1. The molecule has 1 N–H and O–H groups in total. The lowest BCUT2D eigenvalue weighted by atomic mass is 9.79. The normalized spacial score (nSPS) is 14.2. The molecule has 0 unspecified atom stereocenters. The van der Waals surface area contributed by atoms with Gasteiger partial charge in [0.2, 0.25) is 0 Å². The number of benzene rings is 5. The van der Waals surface area contributed by atoms with Crippen molar-refractivity contribution in [3.8, 4) is 22.3 Å². The van der Waals surface area contributed by atoms with E-state index in [9.17, 15) is 0 Å². The fourth-order valence-corrected chi connectivity index (χ4v) is 6.40. The van der Waals surface area contributed by atoms with Crippen LogP contribution in [-0.2, 0) is 5.41 Å². The van der Waals surface area contributed by atoms with Gasteiger partial charge in [0.25, 0.3) is 0 Å². The van der Waals surface area contributed by atoms with Crippen molar-refractivity contribution in [2.45, 2.75) is 19.3 Å². The third-order valence-corrected chi connectivity index (χ3v) is 8.01. The Morgan fingerprint density at radius 3 is 2.34 bits per heavy atom. The number of aromatic nitrogens is 1. The predicted octanol–water partition coefficient (Wildman–Crippen LogP) is 9.19. The van der Waals surface area contributed by atoms with Crippen molar-refractivity contribution < 1.29 is 4.42 Å². The van der Waals surface area contributed by atoms with Gasteiger partial charge in [-0.2, -0.15) is 0 Å². The predicted molar refractivity (Wildman–Crippen MR) is 146 cm³/mol. The Balaban J connectivity index is 1.39. The van der Waals surface area contributed by atoms with E-state index in [2.05, 4.69) is 104 Å². The summed E-state index contributed by atoms with van der Waals surface area (Å²) in [6.45, 7) is 4.70. The van der Waals surface area contributed by atoms with Crippen LogP contribution in [0.25, 0.3) is 66.0 Å². The van der Waals surface area contributed by atoms with Gasteiger partial charge in [0, 0.05) is 32.5 Å². The van der Waals surface area contributed by atoms with Crippen molar-refractivity contribution in [1.82, 2.24) is 4.98 Å². The minimum Gasteiger partial charge on any atom is -0.454 e. The van der Waals surface area contributed by atoms with Crippen molar-refractivity contribution in [3.63, 3.8) is 0 Å². The average molecular weight is 450 g/mol. The topological polar surface area (TPSA) is 28.9 Å². The minimum absolute atomic E-state index is 0.0435. The fraction of sp³-hybridized carbons (Fsp3) is 0.0909. The number of nitrogens with one attached hydrogen (secondary N) is 1. The molecule has 7 aromatic rings. The monoisotopic (exact) mass is 449 g/mol. The first kappa shape index (κ1) is 19.1. The van der Waals surface area contributed by atoms with E-state index >= 15 is 0 Å². The molecule has 0 atom stereocenters. The van der Waals surface area contributed by atoms with E-state index in [1.807, 2.05) is 12.1 Å². The zero-order chi connectivity index (χ0) is 23.3. The lowest BCUT2D eigenvalue weighted by molar-refractivity contribution is 0.662. The minimum atomic E-state index is -0.0435. The molecule has 0 spiro atoms. The number of H-pyrrole nitrogens is 1. The standard InChI is InChI=1S/C33H23NO/c1-33(2)27-12-5-3-8-21(27)23-11-7-10-20(30(23)33)19-14-17-28-26(18-19)24-15-16-25-22-9-4-6-13-29(22)35-32(25)31(24)34-28/h3-18,34H,1-2H3. The number of hydrogen-bond donors (Lipinski definition) is 1. The fourth-order valence-electron chi connectivity index (χ4n) is 6.40. The molecule has 0 aliphatic heterocycles. The highest BCUT2D eigenvalue weighted by molar-refractivity contribution is 6.20. The van der Waals surface area contributed by atoms with Gasteiger partial charge in [-0.15, -0.1) is 0 Å². The second-order valence-corrected chi connectivity index (χ2v) is 10.2. The third kappa shape index (κ3) is 2.39. The van der Waals surface area contributed by atoms with E-state index in [0.29, 0.717) is 0 Å². The summed E-state index contributed by atoms with van der Waals surface area (Å²) in [6.07, 6.45) is 0. The summed E-state index contributed by atoms with van der Waals surface area (Å²) >= 11 is 0. The summed E-state index contributed by atoms with van der Waals surface area (Å²) in [5.74, 6) is 0. The van der Waals surface area contributed by atoms with Crippen LogP contribution in [0.3, 0.4) is 0 Å². The molecule has 166 valence electrons. The Kier molecular flexibility index (Phi) is 3.50. The molecule has 1 aliphatic carbocycles. The number of aromatic amines is 1. The number of furan rings is 1. The highest BCUT2D eigenvalue weighted by Gasteiger charge is 2.37. The van der Waals surface area contributed by atoms with E-state index < -0.39 is 0 Å². The molecule has 0 saturated heterocycles. The molecule has 1 aliphatic rings. The second-order valence-electron chi connectivity index (χ2n) is 10.2. The van der Waals surface area contributed by atoms with Crippen LogP contribution in [-0.4, -0.2) is 4.98 Å². The Bertz CT molecular complexity index is 1980. The maximum Gasteiger partial charge on any atom is 0.159 e. The van der Waals surface area contributed by atoms with Crippen molar-refractivity contribution in [1.29, 1.82) is 0 Å².